The number of nitrogens with two attached hydrogens (primary N) is 1. The molecule has 0 saturated carbocycles. The molecule has 1 aromatic heterocycles. The maximum Gasteiger partial charge on any atom is 0.231 e. The van der Waals surface area contributed by atoms with E-state index in [4.69, 9.17) is 19.9 Å². The lowest BCUT2D eigenvalue weighted by Crippen LogP contribution is -1.97. The van der Waals surface area contributed by atoms with Crippen LogP contribution in [0.3, 0.4) is 0 Å². The minimum Gasteiger partial charge on any atom is -0.493 e. The van der Waals surface area contributed by atoms with E-state index in [0.717, 1.165) is 0 Å². The highest BCUT2D eigenvalue weighted by atomic mass is 19.1. The number of halogens is 1. The lowest BCUT2D eigenvalue weighted by molar-refractivity contribution is 0.170. The highest BCUT2D eigenvalue weighted by molar-refractivity contribution is 5.74. The fourth-order valence-electron chi connectivity index (χ4n) is 1.99. The van der Waals surface area contributed by atoms with E-state index in [1.165, 1.54) is 11.8 Å². The standard InChI is InChI=1S/C12H12FN3O3/c1-16-9(14)4-7(15-16)6-3-8-12(19-5-18-8)10(13)11(6)17-2/h3-4H,5,14H2,1-2H3. The molecule has 2 heterocycles. The first kappa shape index (κ1) is 11.6. The molecule has 0 bridgehead atoms. The van der Waals surface area contributed by atoms with Crippen molar-refractivity contribution in [1.29, 1.82) is 0 Å². The van der Waals surface area contributed by atoms with Gasteiger partial charge >= 0.3 is 0 Å². The minimum atomic E-state index is -0.600. The number of benzene rings is 1. The second-order valence-corrected chi connectivity index (χ2v) is 4.08. The van der Waals surface area contributed by atoms with Gasteiger partial charge < -0.3 is 19.9 Å². The van der Waals surface area contributed by atoms with Crippen molar-refractivity contribution in [2.45, 2.75) is 0 Å². The molecule has 1 aliphatic rings. The summed E-state index contributed by atoms with van der Waals surface area (Å²) in [6, 6.07) is 3.27. The summed E-state index contributed by atoms with van der Waals surface area (Å²) >= 11 is 0. The summed E-state index contributed by atoms with van der Waals surface area (Å²) in [5.74, 6) is 0.316. The van der Waals surface area contributed by atoms with Crippen LogP contribution in [0.2, 0.25) is 0 Å². The normalized spacial score (nSPS) is 12.8. The van der Waals surface area contributed by atoms with Crippen LogP contribution in [0.1, 0.15) is 0 Å². The molecule has 1 aliphatic heterocycles. The summed E-state index contributed by atoms with van der Waals surface area (Å²) in [4.78, 5) is 0. The molecule has 0 atom stereocenters. The molecule has 0 fully saturated rings. The molecule has 6 nitrogen and oxygen atoms in total. The van der Waals surface area contributed by atoms with Gasteiger partial charge in [-0.2, -0.15) is 9.49 Å². The third-order valence-corrected chi connectivity index (χ3v) is 2.96. The van der Waals surface area contributed by atoms with Crippen LogP contribution in [0.4, 0.5) is 10.2 Å². The average Bonchev–Trinajstić information content (AvgIpc) is 2.97. The van der Waals surface area contributed by atoms with Crippen LogP contribution in [0.25, 0.3) is 11.3 Å². The molecule has 1 aromatic carbocycles. The molecule has 0 unspecified atom stereocenters. The van der Waals surface area contributed by atoms with Gasteiger partial charge in [-0.3, -0.25) is 4.68 Å². The molecule has 19 heavy (non-hydrogen) atoms. The van der Waals surface area contributed by atoms with Crippen molar-refractivity contribution in [3.05, 3.63) is 17.9 Å². The highest BCUT2D eigenvalue weighted by Gasteiger charge is 2.27. The van der Waals surface area contributed by atoms with E-state index >= 15 is 0 Å². The van der Waals surface area contributed by atoms with E-state index in [2.05, 4.69) is 5.10 Å². The van der Waals surface area contributed by atoms with Crippen LogP contribution in [-0.4, -0.2) is 23.7 Å². The van der Waals surface area contributed by atoms with Crippen LogP contribution < -0.4 is 19.9 Å². The van der Waals surface area contributed by atoms with Crippen molar-refractivity contribution in [1.82, 2.24) is 9.78 Å². The predicted octanol–water partition coefficient (Wildman–Crippen LogP) is 1.55. The van der Waals surface area contributed by atoms with Crippen molar-refractivity contribution in [2.24, 2.45) is 7.05 Å². The number of nitrogen functional groups attached to an aromatic ring is 1. The molecule has 7 heteroatoms. The van der Waals surface area contributed by atoms with Crippen molar-refractivity contribution in [3.8, 4) is 28.5 Å². The zero-order chi connectivity index (χ0) is 13.6. The Labute approximate surface area is 108 Å². The van der Waals surface area contributed by atoms with Gasteiger partial charge in [-0.05, 0) is 6.07 Å². The fourth-order valence-corrected chi connectivity index (χ4v) is 1.99. The van der Waals surface area contributed by atoms with E-state index in [1.807, 2.05) is 0 Å². The van der Waals surface area contributed by atoms with Crippen molar-refractivity contribution in [3.63, 3.8) is 0 Å². The first-order valence-corrected chi connectivity index (χ1v) is 5.57. The zero-order valence-electron chi connectivity index (χ0n) is 10.4. The van der Waals surface area contributed by atoms with Gasteiger partial charge in [0.1, 0.15) is 5.82 Å². The molecule has 0 aliphatic carbocycles. The van der Waals surface area contributed by atoms with Crippen LogP contribution in [0.5, 0.6) is 17.2 Å². The summed E-state index contributed by atoms with van der Waals surface area (Å²) in [7, 11) is 3.09. The Hall–Kier alpha value is -2.44. The molecular formula is C12H12FN3O3. The number of ether oxygens (including phenoxy) is 3. The lowest BCUT2D eigenvalue weighted by atomic mass is 10.1. The average molecular weight is 265 g/mol. The van der Waals surface area contributed by atoms with E-state index in [-0.39, 0.29) is 18.3 Å². The van der Waals surface area contributed by atoms with E-state index in [9.17, 15) is 4.39 Å². The second kappa shape index (κ2) is 4.04. The van der Waals surface area contributed by atoms with Gasteiger partial charge in [-0.15, -0.1) is 0 Å². The topological polar surface area (TPSA) is 71.5 Å². The van der Waals surface area contributed by atoms with E-state index < -0.39 is 5.82 Å². The van der Waals surface area contributed by atoms with Crippen molar-refractivity contribution in [2.75, 3.05) is 19.6 Å². The third-order valence-electron chi connectivity index (χ3n) is 2.96. The molecule has 2 N–H and O–H groups in total. The number of aromatic nitrogens is 2. The number of methoxy groups -OCH3 is 1. The summed E-state index contributed by atoms with van der Waals surface area (Å²) < 4.78 is 31.1. The van der Waals surface area contributed by atoms with Crippen molar-refractivity contribution >= 4 is 5.82 Å². The summed E-state index contributed by atoms with van der Waals surface area (Å²) in [5, 5.41) is 4.20. The molecule has 0 amide bonds. The molecule has 0 spiro atoms. The van der Waals surface area contributed by atoms with Crippen LogP contribution >= 0.6 is 0 Å². The van der Waals surface area contributed by atoms with Crippen LogP contribution in [0, 0.1) is 5.82 Å². The van der Waals surface area contributed by atoms with Gasteiger partial charge in [0.15, 0.2) is 11.5 Å². The number of aryl methyl sites for hydroxylation is 1. The number of anilines is 1. The Morgan fingerprint density at radius 3 is 2.84 bits per heavy atom. The molecule has 3 rings (SSSR count). The Morgan fingerprint density at radius 2 is 2.21 bits per heavy atom. The van der Waals surface area contributed by atoms with Gasteiger partial charge in [0.25, 0.3) is 0 Å². The third kappa shape index (κ3) is 1.66. The predicted molar refractivity (Wildman–Crippen MR) is 65.7 cm³/mol. The van der Waals surface area contributed by atoms with Gasteiger partial charge in [-0.25, -0.2) is 0 Å². The first-order valence-electron chi connectivity index (χ1n) is 5.57. The zero-order valence-corrected chi connectivity index (χ0v) is 10.4. The van der Waals surface area contributed by atoms with Gasteiger partial charge in [0, 0.05) is 13.1 Å². The van der Waals surface area contributed by atoms with Gasteiger partial charge in [0.2, 0.25) is 18.4 Å². The minimum absolute atomic E-state index is 0.0107. The Balaban J connectivity index is 2.23. The number of nitrogens with zero attached hydrogens (tertiary/aromatic N) is 2. The SMILES string of the molecule is COc1c(-c2cc(N)n(C)n2)cc2c(c1F)OCO2. The van der Waals surface area contributed by atoms with Gasteiger partial charge in [-0.1, -0.05) is 0 Å². The smallest absolute Gasteiger partial charge is 0.231 e. The Morgan fingerprint density at radius 1 is 1.42 bits per heavy atom. The van der Waals surface area contributed by atoms with Crippen molar-refractivity contribution < 1.29 is 18.6 Å². The first-order chi connectivity index (χ1) is 9.11. The largest absolute Gasteiger partial charge is 0.493 e. The summed E-state index contributed by atoms with van der Waals surface area (Å²) in [6.45, 7) is -0.0107. The van der Waals surface area contributed by atoms with Gasteiger partial charge in [0.05, 0.1) is 18.4 Å². The van der Waals surface area contributed by atoms with E-state index in [1.54, 1.807) is 19.2 Å². The highest BCUT2D eigenvalue weighted by Crippen LogP contribution is 2.45. The summed E-state index contributed by atoms with van der Waals surface area (Å²) in [5.41, 5.74) is 6.71. The van der Waals surface area contributed by atoms with E-state index in [0.29, 0.717) is 22.8 Å². The van der Waals surface area contributed by atoms with Crippen LogP contribution in [0.15, 0.2) is 12.1 Å². The maximum atomic E-state index is 14.2. The fraction of sp³-hybridized carbons (Fsp3) is 0.250. The molecule has 2 aromatic rings. The number of fused-ring (bicyclic) bond motifs is 1. The monoisotopic (exact) mass is 265 g/mol. The molecule has 100 valence electrons. The quantitative estimate of drug-likeness (QED) is 0.891. The molecule has 0 saturated heterocycles. The Kier molecular flexibility index (Phi) is 2.48. The number of rotatable bonds is 2. The van der Waals surface area contributed by atoms with Crippen LogP contribution in [-0.2, 0) is 7.05 Å². The second-order valence-electron chi connectivity index (χ2n) is 4.08. The molecule has 0 radical (unpaired) electrons. The molecular weight excluding hydrogens is 253 g/mol. The summed E-state index contributed by atoms with van der Waals surface area (Å²) in [6.07, 6.45) is 0. The lowest BCUT2D eigenvalue weighted by Gasteiger charge is -2.09. The Bertz CT molecular complexity index is 635. The number of hydrogen-bond donors (Lipinski definition) is 1. The maximum absolute atomic E-state index is 14.2. The number of hydrogen-bond acceptors (Lipinski definition) is 5.